The molecule has 146 valence electrons. The van der Waals surface area contributed by atoms with Crippen LogP contribution in [0.1, 0.15) is 33.6 Å². The predicted molar refractivity (Wildman–Crippen MR) is 98.4 cm³/mol. The maximum absolute atomic E-state index is 13.7. The summed E-state index contributed by atoms with van der Waals surface area (Å²) < 4.78 is 25.1. The van der Waals surface area contributed by atoms with E-state index in [9.17, 15) is 14.0 Å². The van der Waals surface area contributed by atoms with E-state index in [4.69, 9.17) is 9.47 Å². The molecule has 0 bridgehead atoms. The number of carbonyl (C=O) groups is 2. The zero-order valence-electron chi connectivity index (χ0n) is 15.2. The molecule has 2 amide bonds. The van der Waals surface area contributed by atoms with E-state index in [1.54, 1.807) is 11.0 Å². The summed E-state index contributed by atoms with van der Waals surface area (Å²) in [5, 5.41) is 2.49. The van der Waals surface area contributed by atoms with E-state index in [0.29, 0.717) is 44.7 Å². The Bertz CT molecular complexity index is 889. The zero-order chi connectivity index (χ0) is 19.6. The number of halogens is 1. The van der Waals surface area contributed by atoms with E-state index in [0.717, 1.165) is 0 Å². The molecule has 1 aromatic heterocycles. The second-order valence-corrected chi connectivity index (χ2v) is 6.80. The van der Waals surface area contributed by atoms with Gasteiger partial charge in [0, 0.05) is 38.3 Å². The SMILES string of the molecule is O=C(Nc1ccccc1F)c1cncc(C(=O)N2CCC3(CC2)OCCO3)c1. The van der Waals surface area contributed by atoms with Gasteiger partial charge in [0.25, 0.3) is 11.8 Å². The molecule has 1 spiro atoms. The second-order valence-electron chi connectivity index (χ2n) is 6.80. The van der Waals surface area contributed by atoms with Crippen molar-refractivity contribution in [1.29, 1.82) is 0 Å². The van der Waals surface area contributed by atoms with Crippen LogP contribution in [-0.4, -0.2) is 53.8 Å². The molecule has 0 saturated carbocycles. The van der Waals surface area contributed by atoms with Crippen molar-refractivity contribution in [2.24, 2.45) is 0 Å². The number of para-hydroxylation sites is 1. The van der Waals surface area contributed by atoms with Crippen molar-refractivity contribution in [2.45, 2.75) is 18.6 Å². The number of nitrogens with zero attached hydrogens (tertiary/aromatic N) is 2. The van der Waals surface area contributed by atoms with Crippen molar-refractivity contribution in [3.05, 3.63) is 59.7 Å². The second kappa shape index (κ2) is 7.65. The minimum Gasteiger partial charge on any atom is -0.347 e. The molecule has 7 nitrogen and oxygen atoms in total. The average Bonchev–Trinajstić information content (AvgIpc) is 3.18. The standard InChI is InChI=1S/C20H20FN3O4/c21-16-3-1-2-4-17(16)23-18(25)14-11-15(13-22-12-14)19(26)24-7-5-20(6-8-24)27-9-10-28-20/h1-4,11-13H,5-10H2,(H,23,25). The van der Waals surface area contributed by atoms with Crippen molar-refractivity contribution in [3.8, 4) is 0 Å². The molecular weight excluding hydrogens is 365 g/mol. The van der Waals surface area contributed by atoms with Crippen LogP contribution in [0, 0.1) is 5.82 Å². The van der Waals surface area contributed by atoms with Crippen molar-refractivity contribution >= 4 is 17.5 Å². The third-order valence-electron chi connectivity index (χ3n) is 5.00. The first-order chi connectivity index (χ1) is 13.6. The molecule has 0 atom stereocenters. The summed E-state index contributed by atoms with van der Waals surface area (Å²) in [4.78, 5) is 30.9. The van der Waals surface area contributed by atoms with Crippen LogP contribution in [0.5, 0.6) is 0 Å². The molecule has 1 aromatic carbocycles. The van der Waals surface area contributed by atoms with Gasteiger partial charge in [0.1, 0.15) is 5.82 Å². The minimum absolute atomic E-state index is 0.0714. The fourth-order valence-corrected chi connectivity index (χ4v) is 3.46. The van der Waals surface area contributed by atoms with E-state index < -0.39 is 17.5 Å². The van der Waals surface area contributed by atoms with E-state index >= 15 is 0 Å². The summed E-state index contributed by atoms with van der Waals surface area (Å²) in [6.45, 7) is 2.17. The fourth-order valence-electron chi connectivity index (χ4n) is 3.46. The Morgan fingerprint density at radius 2 is 1.75 bits per heavy atom. The molecule has 28 heavy (non-hydrogen) atoms. The summed E-state index contributed by atoms with van der Waals surface area (Å²) in [6, 6.07) is 7.35. The van der Waals surface area contributed by atoms with Crippen molar-refractivity contribution in [1.82, 2.24) is 9.88 Å². The highest BCUT2D eigenvalue weighted by Gasteiger charge is 2.40. The number of carbonyl (C=O) groups excluding carboxylic acids is 2. The Kier molecular flexibility index (Phi) is 5.06. The topological polar surface area (TPSA) is 80.8 Å². The van der Waals surface area contributed by atoms with Gasteiger partial charge in [-0.1, -0.05) is 12.1 Å². The van der Waals surface area contributed by atoms with Gasteiger partial charge >= 0.3 is 0 Å². The minimum atomic E-state index is -0.559. The van der Waals surface area contributed by atoms with E-state index in [1.807, 2.05) is 0 Å². The molecule has 2 aliphatic rings. The first-order valence-electron chi connectivity index (χ1n) is 9.14. The smallest absolute Gasteiger partial charge is 0.257 e. The molecule has 0 aliphatic carbocycles. The van der Waals surface area contributed by atoms with Crippen LogP contribution in [0.2, 0.25) is 0 Å². The van der Waals surface area contributed by atoms with Crippen LogP contribution in [0.15, 0.2) is 42.7 Å². The first kappa shape index (κ1) is 18.5. The normalized spacial score (nSPS) is 18.2. The van der Waals surface area contributed by atoms with Crippen LogP contribution < -0.4 is 5.32 Å². The van der Waals surface area contributed by atoms with E-state index in [2.05, 4.69) is 10.3 Å². The van der Waals surface area contributed by atoms with Gasteiger partial charge < -0.3 is 19.7 Å². The molecule has 3 heterocycles. The van der Waals surface area contributed by atoms with Crippen molar-refractivity contribution in [2.75, 3.05) is 31.6 Å². The summed E-state index contributed by atoms with van der Waals surface area (Å²) in [6.07, 6.45) is 3.99. The monoisotopic (exact) mass is 385 g/mol. The largest absolute Gasteiger partial charge is 0.347 e. The number of pyridine rings is 1. The first-order valence-corrected chi connectivity index (χ1v) is 9.14. The van der Waals surface area contributed by atoms with Gasteiger partial charge in [0.15, 0.2) is 5.79 Å². The highest BCUT2D eigenvalue weighted by Crippen LogP contribution is 2.31. The number of ether oxygens (including phenoxy) is 2. The molecule has 2 aliphatic heterocycles. The van der Waals surface area contributed by atoms with E-state index in [1.165, 1.54) is 36.7 Å². The summed E-state index contributed by atoms with van der Waals surface area (Å²) in [7, 11) is 0. The Labute approximate surface area is 161 Å². The number of piperidine rings is 1. The van der Waals surface area contributed by atoms with Gasteiger partial charge in [-0.15, -0.1) is 0 Å². The van der Waals surface area contributed by atoms with Crippen molar-refractivity contribution in [3.63, 3.8) is 0 Å². The lowest BCUT2D eigenvalue weighted by Gasteiger charge is -2.37. The van der Waals surface area contributed by atoms with Crippen LogP contribution in [0.3, 0.4) is 0 Å². The molecule has 4 rings (SSSR count). The van der Waals surface area contributed by atoms with Gasteiger partial charge in [-0.3, -0.25) is 14.6 Å². The molecular formula is C20H20FN3O4. The van der Waals surface area contributed by atoms with Gasteiger partial charge in [-0.25, -0.2) is 4.39 Å². The lowest BCUT2D eigenvalue weighted by atomic mass is 10.0. The summed E-state index contributed by atoms with van der Waals surface area (Å²) >= 11 is 0. The Morgan fingerprint density at radius 1 is 1.07 bits per heavy atom. The van der Waals surface area contributed by atoms with Gasteiger partial charge in [-0.2, -0.15) is 0 Å². The van der Waals surface area contributed by atoms with E-state index in [-0.39, 0.29) is 17.2 Å². The van der Waals surface area contributed by atoms with Gasteiger partial charge in [0.05, 0.1) is 30.0 Å². The fraction of sp³-hybridized carbons (Fsp3) is 0.350. The predicted octanol–water partition coefficient (Wildman–Crippen LogP) is 2.45. The number of hydrogen-bond acceptors (Lipinski definition) is 5. The average molecular weight is 385 g/mol. The lowest BCUT2D eigenvalue weighted by molar-refractivity contribution is -0.181. The quantitative estimate of drug-likeness (QED) is 0.878. The number of amides is 2. The molecule has 2 aromatic rings. The third-order valence-corrected chi connectivity index (χ3v) is 5.00. The van der Waals surface area contributed by atoms with Gasteiger partial charge in [-0.05, 0) is 18.2 Å². The summed E-state index contributed by atoms with van der Waals surface area (Å²) in [5.41, 5.74) is 0.567. The molecule has 2 fully saturated rings. The zero-order valence-corrected chi connectivity index (χ0v) is 15.2. The maximum Gasteiger partial charge on any atom is 0.257 e. The Morgan fingerprint density at radius 3 is 2.46 bits per heavy atom. The molecule has 8 heteroatoms. The molecule has 1 N–H and O–H groups in total. The lowest BCUT2D eigenvalue weighted by Crippen LogP contribution is -2.47. The molecule has 2 saturated heterocycles. The van der Waals surface area contributed by atoms with Gasteiger partial charge in [0.2, 0.25) is 0 Å². The highest BCUT2D eigenvalue weighted by molar-refractivity contribution is 6.05. The van der Waals surface area contributed by atoms with Crippen molar-refractivity contribution < 1.29 is 23.5 Å². The van der Waals surface area contributed by atoms with Crippen LogP contribution in [-0.2, 0) is 9.47 Å². The van der Waals surface area contributed by atoms with Crippen LogP contribution >= 0.6 is 0 Å². The summed E-state index contributed by atoms with van der Waals surface area (Å²) in [5.74, 6) is -1.83. The van der Waals surface area contributed by atoms with Crippen LogP contribution in [0.25, 0.3) is 0 Å². The third kappa shape index (κ3) is 3.74. The number of benzene rings is 1. The number of nitrogens with one attached hydrogen (secondary N) is 1. The highest BCUT2D eigenvalue weighted by atomic mass is 19.1. The Balaban J connectivity index is 1.44. The Hall–Kier alpha value is -2.84. The number of anilines is 1. The number of rotatable bonds is 3. The number of hydrogen-bond donors (Lipinski definition) is 1. The number of aromatic nitrogens is 1. The maximum atomic E-state index is 13.7. The molecule has 0 radical (unpaired) electrons. The number of likely N-dealkylation sites (tertiary alicyclic amines) is 1. The van der Waals surface area contributed by atoms with Crippen LogP contribution in [0.4, 0.5) is 10.1 Å². The molecule has 0 unspecified atom stereocenters.